The first-order valence-corrected chi connectivity index (χ1v) is 7.48. The summed E-state index contributed by atoms with van der Waals surface area (Å²) >= 11 is 0. The third-order valence-electron chi connectivity index (χ3n) is 2.29. The lowest BCUT2D eigenvalue weighted by Gasteiger charge is -2.08. The van der Waals surface area contributed by atoms with Crippen LogP contribution in [0.4, 0.5) is 0 Å². The molecule has 0 saturated carbocycles. The predicted molar refractivity (Wildman–Crippen MR) is 73.4 cm³/mol. The number of sulfonamides is 1. The quantitative estimate of drug-likeness (QED) is 0.559. The standard InChI is InChI=1S/C12H16N2O6S/c1-9(15)13-6-7-14-21(18,19)11-4-2-10(3-5-11)20-8-12(16)17/h2-5,14H,6-8H2,1H3,(H,13,15)(H,16,17). The lowest BCUT2D eigenvalue weighted by molar-refractivity contribution is -0.139. The third-order valence-corrected chi connectivity index (χ3v) is 3.76. The molecule has 0 unspecified atom stereocenters. The van der Waals surface area contributed by atoms with Gasteiger partial charge >= 0.3 is 5.97 Å². The summed E-state index contributed by atoms with van der Waals surface area (Å²) < 4.78 is 31.0. The predicted octanol–water partition coefficient (Wildman–Crippen LogP) is -0.436. The van der Waals surface area contributed by atoms with Crippen molar-refractivity contribution < 1.29 is 27.9 Å². The zero-order valence-electron chi connectivity index (χ0n) is 11.3. The molecule has 1 rings (SSSR count). The molecule has 1 amide bonds. The Morgan fingerprint density at radius 1 is 1.19 bits per heavy atom. The molecule has 0 bridgehead atoms. The molecule has 0 heterocycles. The summed E-state index contributed by atoms with van der Waals surface area (Å²) in [5, 5.41) is 10.9. The van der Waals surface area contributed by atoms with Crippen LogP contribution < -0.4 is 14.8 Å². The van der Waals surface area contributed by atoms with Crippen LogP contribution in [0.5, 0.6) is 5.75 Å². The Morgan fingerprint density at radius 3 is 2.33 bits per heavy atom. The SMILES string of the molecule is CC(=O)NCCNS(=O)(=O)c1ccc(OCC(=O)O)cc1. The number of amides is 1. The van der Waals surface area contributed by atoms with Gasteiger partial charge in [-0.2, -0.15) is 0 Å². The van der Waals surface area contributed by atoms with E-state index in [4.69, 9.17) is 9.84 Å². The van der Waals surface area contributed by atoms with Crippen LogP contribution in [0.15, 0.2) is 29.2 Å². The summed E-state index contributed by atoms with van der Waals surface area (Å²) in [4.78, 5) is 21.0. The van der Waals surface area contributed by atoms with Gasteiger partial charge in [0.1, 0.15) is 5.75 Å². The van der Waals surface area contributed by atoms with Gasteiger partial charge < -0.3 is 15.2 Å². The topological polar surface area (TPSA) is 122 Å². The monoisotopic (exact) mass is 316 g/mol. The molecule has 3 N–H and O–H groups in total. The fourth-order valence-corrected chi connectivity index (χ4v) is 2.40. The highest BCUT2D eigenvalue weighted by Crippen LogP contribution is 2.15. The fraction of sp³-hybridized carbons (Fsp3) is 0.333. The number of carboxylic acid groups (broad SMARTS) is 1. The van der Waals surface area contributed by atoms with Crippen molar-refractivity contribution in [2.45, 2.75) is 11.8 Å². The molecule has 0 aliphatic rings. The van der Waals surface area contributed by atoms with E-state index >= 15 is 0 Å². The fourth-order valence-electron chi connectivity index (χ4n) is 1.37. The Bertz CT molecular complexity index is 597. The lowest BCUT2D eigenvalue weighted by Crippen LogP contribution is -2.33. The number of aliphatic carboxylic acids is 1. The van der Waals surface area contributed by atoms with Crippen LogP contribution in [0.3, 0.4) is 0 Å². The minimum absolute atomic E-state index is 0.0213. The van der Waals surface area contributed by atoms with E-state index in [0.717, 1.165) is 0 Å². The largest absolute Gasteiger partial charge is 0.482 e. The molecule has 0 atom stereocenters. The van der Waals surface area contributed by atoms with Gasteiger partial charge in [0.15, 0.2) is 6.61 Å². The maximum absolute atomic E-state index is 11.9. The molecule has 8 nitrogen and oxygen atoms in total. The molecule has 0 saturated heterocycles. The number of rotatable bonds is 8. The zero-order valence-corrected chi connectivity index (χ0v) is 12.1. The summed E-state index contributed by atoms with van der Waals surface area (Å²) in [5.41, 5.74) is 0. The van der Waals surface area contributed by atoms with Gasteiger partial charge in [0, 0.05) is 20.0 Å². The van der Waals surface area contributed by atoms with E-state index in [1.54, 1.807) is 0 Å². The third kappa shape index (κ3) is 6.23. The molecule has 116 valence electrons. The maximum atomic E-state index is 11.9. The van der Waals surface area contributed by atoms with Crippen molar-refractivity contribution in [2.24, 2.45) is 0 Å². The van der Waals surface area contributed by atoms with Crippen molar-refractivity contribution in [3.8, 4) is 5.75 Å². The number of nitrogens with one attached hydrogen (secondary N) is 2. The molecule has 0 aliphatic carbocycles. The number of hydrogen-bond acceptors (Lipinski definition) is 5. The summed E-state index contributed by atoms with van der Waals surface area (Å²) in [6, 6.07) is 5.34. The van der Waals surface area contributed by atoms with Crippen LogP contribution in [0.25, 0.3) is 0 Å². The Morgan fingerprint density at radius 2 is 1.81 bits per heavy atom. The molecule has 0 fully saturated rings. The highest BCUT2D eigenvalue weighted by atomic mass is 32.2. The molecular formula is C12H16N2O6S. The number of carbonyl (C=O) groups is 2. The Balaban J connectivity index is 2.58. The summed E-state index contributed by atoms with van der Waals surface area (Å²) in [7, 11) is -3.68. The smallest absolute Gasteiger partial charge is 0.341 e. The van der Waals surface area contributed by atoms with Crippen LogP contribution in [0.2, 0.25) is 0 Å². The minimum Gasteiger partial charge on any atom is -0.482 e. The molecule has 0 spiro atoms. The molecule has 9 heteroatoms. The molecule has 0 aliphatic heterocycles. The molecular weight excluding hydrogens is 300 g/mol. The second-order valence-corrected chi connectivity index (χ2v) is 5.80. The van der Waals surface area contributed by atoms with E-state index in [2.05, 4.69) is 10.0 Å². The summed E-state index contributed by atoms with van der Waals surface area (Å²) in [5.74, 6) is -1.10. The first-order chi connectivity index (χ1) is 9.81. The molecule has 1 aromatic rings. The van der Waals surface area contributed by atoms with E-state index in [1.165, 1.54) is 31.2 Å². The second-order valence-electron chi connectivity index (χ2n) is 4.03. The van der Waals surface area contributed by atoms with Gasteiger partial charge in [-0.15, -0.1) is 0 Å². The summed E-state index contributed by atoms with van der Waals surface area (Å²) in [6.07, 6.45) is 0. The van der Waals surface area contributed by atoms with E-state index in [1.807, 2.05) is 0 Å². The average Bonchev–Trinajstić information content (AvgIpc) is 2.41. The van der Waals surface area contributed by atoms with Gasteiger partial charge in [-0.3, -0.25) is 4.79 Å². The van der Waals surface area contributed by atoms with Crippen molar-refractivity contribution in [3.63, 3.8) is 0 Å². The number of benzene rings is 1. The number of hydrogen-bond donors (Lipinski definition) is 3. The van der Waals surface area contributed by atoms with Crippen molar-refractivity contribution in [1.29, 1.82) is 0 Å². The van der Waals surface area contributed by atoms with Crippen molar-refractivity contribution >= 4 is 21.9 Å². The number of ether oxygens (including phenoxy) is 1. The summed E-state index contributed by atoms with van der Waals surface area (Å²) in [6.45, 7) is 1.10. The minimum atomic E-state index is -3.68. The van der Waals surface area contributed by atoms with Crippen LogP contribution in [0.1, 0.15) is 6.92 Å². The van der Waals surface area contributed by atoms with Gasteiger partial charge in [0.25, 0.3) is 0 Å². The van der Waals surface area contributed by atoms with Gasteiger partial charge in [-0.05, 0) is 24.3 Å². The normalized spacial score (nSPS) is 10.9. The van der Waals surface area contributed by atoms with Crippen molar-refractivity contribution in [1.82, 2.24) is 10.0 Å². The molecule has 0 aromatic heterocycles. The Kier molecular flexibility index (Phi) is 6.12. The van der Waals surface area contributed by atoms with Gasteiger partial charge in [-0.25, -0.2) is 17.9 Å². The first kappa shape index (κ1) is 16.9. The second kappa shape index (κ2) is 7.60. The highest BCUT2D eigenvalue weighted by molar-refractivity contribution is 7.89. The number of carbonyl (C=O) groups excluding carboxylic acids is 1. The van der Waals surface area contributed by atoms with E-state index < -0.39 is 22.6 Å². The van der Waals surface area contributed by atoms with E-state index in [9.17, 15) is 18.0 Å². The Labute approximate surface area is 122 Å². The average molecular weight is 316 g/mol. The van der Waals surface area contributed by atoms with Crippen molar-refractivity contribution in [2.75, 3.05) is 19.7 Å². The van der Waals surface area contributed by atoms with Gasteiger partial charge in [0.05, 0.1) is 4.90 Å². The Hall–Kier alpha value is -2.13. The van der Waals surface area contributed by atoms with Crippen LogP contribution in [-0.4, -0.2) is 45.1 Å². The maximum Gasteiger partial charge on any atom is 0.341 e. The molecule has 1 aromatic carbocycles. The van der Waals surface area contributed by atoms with Crippen LogP contribution in [-0.2, 0) is 19.6 Å². The lowest BCUT2D eigenvalue weighted by atomic mass is 10.3. The highest BCUT2D eigenvalue weighted by Gasteiger charge is 2.13. The first-order valence-electron chi connectivity index (χ1n) is 6.00. The van der Waals surface area contributed by atoms with Crippen molar-refractivity contribution in [3.05, 3.63) is 24.3 Å². The van der Waals surface area contributed by atoms with Crippen LogP contribution >= 0.6 is 0 Å². The number of carboxylic acids is 1. The van der Waals surface area contributed by atoms with Gasteiger partial charge in [0.2, 0.25) is 15.9 Å². The molecule has 21 heavy (non-hydrogen) atoms. The molecule has 0 radical (unpaired) electrons. The van der Waals surface area contributed by atoms with Crippen LogP contribution in [0, 0.1) is 0 Å². The van der Waals surface area contributed by atoms with E-state index in [0.29, 0.717) is 0 Å². The van der Waals surface area contributed by atoms with E-state index in [-0.39, 0.29) is 29.6 Å². The van der Waals surface area contributed by atoms with Gasteiger partial charge in [-0.1, -0.05) is 0 Å². The zero-order chi connectivity index (χ0) is 15.9.